The Balaban J connectivity index is 0.00000192. The summed E-state index contributed by atoms with van der Waals surface area (Å²) in [6, 6.07) is 9.20. The third-order valence-corrected chi connectivity index (χ3v) is 4.15. The van der Waals surface area contributed by atoms with Gasteiger partial charge in [-0.05, 0) is 32.0 Å². The minimum absolute atomic E-state index is 0. The van der Waals surface area contributed by atoms with E-state index in [9.17, 15) is 4.79 Å². The number of nitrogens with zero attached hydrogens (tertiary/aromatic N) is 2. The molecule has 1 N–H and O–H groups in total. The normalized spacial score (nSPS) is 17.1. The van der Waals surface area contributed by atoms with Crippen LogP contribution < -0.4 is 5.32 Å². The predicted octanol–water partition coefficient (Wildman–Crippen LogP) is 3.24. The average Bonchev–Trinajstić information content (AvgIpc) is 3.16. The molecule has 1 fully saturated rings. The molecule has 0 spiro atoms. The van der Waals surface area contributed by atoms with Crippen molar-refractivity contribution in [3.63, 3.8) is 0 Å². The van der Waals surface area contributed by atoms with E-state index in [1.54, 1.807) is 18.2 Å². The monoisotopic (exact) mass is 355 g/mol. The molecule has 124 valence electrons. The molecule has 23 heavy (non-hydrogen) atoms. The van der Waals surface area contributed by atoms with Gasteiger partial charge in [-0.3, -0.25) is 4.79 Å². The van der Waals surface area contributed by atoms with Crippen molar-refractivity contribution >= 4 is 29.9 Å². The van der Waals surface area contributed by atoms with Gasteiger partial charge in [0.1, 0.15) is 0 Å². The minimum Gasteiger partial charge on any atom is -0.355 e. The van der Waals surface area contributed by atoms with Gasteiger partial charge in [-0.2, -0.15) is 0 Å². The molecule has 0 saturated carbocycles. The van der Waals surface area contributed by atoms with Crippen LogP contribution in [0.25, 0.3) is 11.3 Å². The number of rotatable bonds is 4. The van der Waals surface area contributed by atoms with Gasteiger partial charge in [-0.1, -0.05) is 28.9 Å². The van der Waals surface area contributed by atoms with Crippen LogP contribution in [0.4, 0.5) is 0 Å². The Hall–Kier alpha value is -1.56. The highest BCUT2D eigenvalue weighted by molar-refractivity contribution is 6.30. The fourth-order valence-electron chi connectivity index (χ4n) is 2.85. The van der Waals surface area contributed by atoms with Crippen LogP contribution in [0.3, 0.4) is 0 Å². The summed E-state index contributed by atoms with van der Waals surface area (Å²) in [5, 5.41) is 7.68. The molecule has 7 heteroatoms. The van der Waals surface area contributed by atoms with Gasteiger partial charge >= 0.3 is 0 Å². The summed E-state index contributed by atoms with van der Waals surface area (Å²) in [6.45, 7) is 1.56. The van der Waals surface area contributed by atoms with Crippen molar-refractivity contribution in [3.05, 3.63) is 41.0 Å². The molecule has 1 aliphatic rings. The van der Waals surface area contributed by atoms with Crippen molar-refractivity contribution in [2.75, 3.05) is 20.1 Å². The summed E-state index contributed by atoms with van der Waals surface area (Å²) in [6.07, 6.45) is 2.04. The molecule has 2 heterocycles. The Labute approximate surface area is 146 Å². The van der Waals surface area contributed by atoms with Gasteiger partial charge in [0.15, 0.2) is 11.5 Å². The number of halogens is 2. The Morgan fingerprint density at radius 2 is 2.30 bits per heavy atom. The topological polar surface area (TPSA) is 58.4 Å². The Bertz CT molecular complexity index is 675. The van der Waals surface area contributed by atoms with Gasteiger partial charge in [0.05, 0.1) is 0 Å². The third kappa shape index (κ3) is 3.86. The molecule has 1 atom stereocenters. The number of amides is 1. The van der Waals surface area contributed by atoms with E-state index in [2.05, 4.69) is 10.5 Å². The number of aromatic nitrogens is 1. The molecule has 5 nitrogen and oxygen atoms in total. The molecule has 1 unspecified atom stereocenters. The molecule has 1 aliphatic heterocycles. The minimum atomic E-state index is -0.0743. The lowest BCUT2D eigenvalue weighted by molar-refractivity contribution is 0.0726. The van der Waals surface area contributed by atoms with Crippen LogP contribution in [0, 0.1) is 0 Å². The first-order valence-corrected chi connectivity index (χ1v) is 7.75. The molecular formula is C16H19Cl2N3O2. The molecule has 1 amide bonds. The Morgan fingerprint density at radius 1 is 1.48 bits per heavy atom. The second kappa shape index (κ2) is 7.81. The van der Waals surface area contributed by atoms with Gasteiger partial charge in [0, 0.05) is 35.8 Å². The second-order valence-corrected chi connectivity index (χ2v) is 5.88. The summed E-state index contributed by atoms with van der Waals surface area (Å²) >= 11 is 5.98. The van der Waals surface area contributed by atoms with E-state index in [1.807, 2.05) is 24.1 Å². The summed E-state index contributed by atoms with van der Waals surface area (Å²) in [4.78, 5) is 14.5. The maximum absolute atomic E-state index is 12.6. The molecular weight excluding hydrogens is 337 g/mol. The summed E-state index contributed by atoms with van der Waals surface area (Å²) < 4.78 is 5.31. The van der Waals surface area contributed by atoms with Crippen LogP contribution >= 0.6 is 24.0 Å². The predicted molar refractivity (Wildman–Crippen MR) is 92.2 cm³/mol. The first-order valence-electron chi connectivity index (χ1n) is 7.37. The quantitative estimate of drug-likeness (QED) is 0.914. The van der Waals surface area contributed by atoms with Gasteiger partial charge in [-0.25, -0.2) is 0 Å². The van der Waals surface area contributed by atoms with E-state index < -0.39 is 0 Å². The number of nitrogens with one attached hydrogen (secondary N) is 1. The maximum Gasteiger partial charge on any atom is 0.276 e. The number of carbonyl (C=O) groups excluding carboxylic acids is 1. The number of carbonyl (C=O) groups is 1. The standard InChI is InChI=1S/C16H18ClN3O2.ClH/c1-18-10-13-6-3-7-20(13)16(21)14-9-15(22-19-14)11-4-2-5-12(17)8-11;/h2,4-5,8-9,13,18H,3,6-7,10H2,1H3;1H. The smallest absolute Gasteiger partial charge is 0.276 e. The third-order valence-electron chi connectivity index (χ3n) is 3.92. The van der Waals surface area contributed by atoms with E-state index in [-0.39, 0.29) is 24.4 Å². The number of benzene rings is 1. The van der Waals surface area contributed by atoms with Crippen molar-refractivity contribution in [1.82, 2.24) is 15.4 Å². The zero-order valence-corrected chi connectivity index (χ0v) is 14.4. The van der Waals surface area contributed by atoms with Crippen molar-refractivity contribution in [1.29, 1.82) is 0 Å². The van der Waals surface area contributed by atoms with Gasteiger partial charge < -0.3 is 14.7 Å². The molecule has 0 radical (unpaired) electrons. The Morgan fingerprint density at radius 3 is 3.04 bits per heavy atom. The summed E-state index contributed by atoms with van der Waals surface area (Å²) in [5.41, 5.74) is 1.16. The van der Waals surface area contributed by atoms with Crippen LogP contribution in [0.1, 0.15) is 23.3 Å². The lowest BCUT2D eigenvalue weighted by Gasteiger charge is -2.23. The fraction of sp³-hybridized carbons (Fsp3) is 0.375. The molecule has 3 rings (SSSR count). The van der Waals surface area contributed by atoms with Gasteiger partial charge in [-0.15, -0.1) is 12.4 Å². The molecule has 2 aromatic rings. The van der Waals surface area contributed by atoms with Crippen LogP contribution in [0.15, 0.2) is 34.9 Å². The largest absolute Gasteiger partial charge is 0.355 e. The van der Waals surface area contributed by atoms with E-state index in [0.717, 1.165) is 31.5 Å². The zero-order chi connectivity index (χ0) is 15.5. The molecule has 1 saturated heterocycles. The first-order chi connectivity index (χ1) is 10.7. The van der Waals surface area contributed by atoms with Crippen LogP contribution in [0.5, 0.6) is 0 Å². The number of likely N-dealkylation sites (N-methyl/N-ethyl adjacent to an activating group) is 1. The first kappa shape index (κ1) is 17.8. The molecule has 0 aliphatic carbocycles. The van der Waals surface area contributed by atoms with Crippen LogP contribution in [0.2, 0.25) is 5.02 Å². The number of hydrogen-bond donors (Lipinski definition) is 1. The second-order valence-electron chi connectivity index (χ2n) is 5.44. The summed E-state index contributed by atoms with van der Waals surface area (Å²) in [5.74, 6) is 0.477. The molecule has 1 aromatic heterocycles. The highest BCUT2D eigenvalue weighted by Gasteiger charge is 2.30. The van der Waals surface area contributed by atoms with Crippen molar-refractivity contribution in [2.24, 2.45) is 0 Å². The number of likely N-dealkylation sites (tertiary alicyclic amines) is 1. The highest BCUT2D eigenvalue weighted by atomic mass is 35.5. The Kier molecular flexibility index (Phi) is 6.04. The van der Waals surface area contributed by atoms with Crippen molar-refractivity contribution < 1.29 is 9.32 Å². The highest BCUT2D eigenvalue weighted by Crippen LogP contribution is 2.25. The summed E-state index contributed by atoms with van der Waals surface area (Å²) in [7, 11) is 1.90. The molecule has 1 aromatic carbocycles. The van der Waals surface area contributed by atoms with E-state index in [4.69, 9.17) is 16.1 Å². The fourth-order valence-corrected chi connectivity index (χ4v) is 3.04. The van der Waals surface area contributed by atoms with E-state index in [1.165, 1.54) is 0 Å². The lowest BCUT2D eigenvalue weighted by Crippen LogP contribution is -2.40. The van der Waals surface area contributed by atoms with Crippen molar-refractivity contribution in [2.45, 2.75) is 18.9 Å². The zero-order valence-electron chi connectivity index (χ0n) is 12.8. The van der Waals surface area contributed by atoms with E-state index >= 15 is 0 Å². The van der Waals surface area contributed by atoms with Crippen LogP contribution in [-0.2, 0) is 0 Å². The maximum atomic E-state index is 12.6. The van der Waals surface area contributed by atoms with E-state index in [0.29, 0.717) is 16.5 Å². The van der Waals surface area contributed by atoms with Gasteiger partial charge in [0.2, 0.25) is 0 Å². The molecule has 0 bridgehead atoms. The lowest BCUT2D eigenvalue weighted by atomic mass is 10.1. The average molecular weight is 356 g/mol. The van der Waals surface area contributed by atoms with Crippen molar-refractivity contribution in [3.8, 4) is 11.3 Å². The SMILES string of the molecule is CNCC1CCCN1C(=O)c1cc(-c2cccc(Cl)c2)on1.Cl. The number of hydrogen-bond acceptors (Lipinski definition) is 4. The van der Waals surface area contributed by atoms with Crippen LogP contribution in [-0.4, -0.2) is 42.1 Å². The van der Waals surface area contributed by atoms with Gasteiger partial charge in [0.25, 0.3) is 5.91 Å².